The number of nitrogens with zero attached hydrogens (tertiary/aromatic N) is 3. The average Bonchev–Trinajstić information content (AvgIpc) is 2.87. The molecule has 0 aliphatic carbocycles. The van der Waals surface area contributed by atoms with Crippen molar-refractivity contribution in [2.45, 2.75) is 20.4 Å². The SMILES string of the molecule is Cc1nc2nc(NCc3ccc(Br)cc3)[nH]n2c(=O)c1C. The lowest BCUT2D eigenvalue weighted by atomic mass is 10.2. The van der Waals surface area contributed by atoms with Gasteiger partial charge in [-0.1, -0.05) is 28.1 Å². The number of H-pyrrole nitrogens is 1. The topological polar surface area (TPSA) is 75.1 Å². The van der Waals surface area contributed by atoms with Gasteiger partial charge in [0, 0.05) is 22.3 Å². The fraction of sp³-hybridized carbons (Fsp3) is 0.214. The Kier molecular flexibility index (Phi) is 3.50. The van der Waals surface area contributed by atoms with Gasteiger partial charge in [-0.25, -0.2) is 4.98 Å². The number of nitrogens with one attached hydrogen (secondary N) is 2. The van der Waals surface area contributed by atoms with E-state index < -0.39 is 0 Å². The van der Waals surface area contributed by atoms with Gasteiger partial charge in [0.05, 0.1) is 0 Å². The monoisotopic (exact) mass is 347 g/mol. The number of rotatable bonds is 3. The third-order valence-electron chi connectivity index (χ3n) is 3.34. The molecule has 3 rings (SSSR count). The summed E-state index contributed by atoms with van der Waals surface area (Å²) in [6, 6.07) is 7.99. The summed E-state index contributed by atoms with van der Waals surface area (Å²) in [4.78, 5) is 20.7. The van der Waals surface area contributed by atoms with Gasteiger partial charge in [0.1, 0.15) is 0 Å². The fourth-order valence-electron chi connectivity index (χ4n) is 1.97. The maximum absolute atomic E-state index is 12.1. The Hall–Kier alpha value is -2.15. The standard InChI is InChI=1S/C14H14BrN5O/c1-8-9(2)17-14-18-13(19-20(14)12(8)21)16-7-10-3-5-11(15)6-4-10/h3-6H,7H2,1-2H3,(H2,16,17,18,19). The molecule has 3 aromatic rings. The number of hydrogen-bond acceptors (Lipinski definition) is 4. The number of aromatic amines is 1. The first kappa shape index (κ1) is 13.8. The Bertz CT molecular complexity index is 850. The van der Waals surface area contributed by atoms with Crippen LogP contribution in [0.4, 0.5) is 5.95 Å². The number of aryl methyl sites for hydroxylation is 1. The van der Waals surface area contributed by atoms with Crippen molar-refractivity contribution in [1.82, 2.24) is 19.6 Å². The summed E-state index contributed by atoms with van der Waals surface area (Å²) in [5, 5.41) is 6.08. The normalized spacial score (nSPS) is 11.0. The van der Waals surface area contributed by atoms with E-state index >= 15 is 0 Å². The molecule has 6 nitrogen and oxygen atoms in total. The average molecular weight is 348 g/mol. The highest BCUT2D eigenvalue weighted by molar-refractivity contribution is 9.10. The van der Waals surface area contributed by atoms with Gasteiger partial charge in [0.2, 0.25) is 5.95 Å². The van der Waals surface area contributed by atoms with Crippen molar-refractivity contribution in [3.63, 3.8) is 0 Å². The molecule has 21 heavy (non-hydrogen) atoms. The largest absolute Gasteiger partial charge is 0.351 e. The quantitative estimate of drug-likeness (QED) is 0.762. The minimum absolute atomic E-state index is 0.123. The zero-order valence-corrected chi connectivity index (χ0v) is 13.2. The predicted molar refractivity (Wildman–Crippen MR) is 84.6 cm³/mol. The molecule has 0 fully saturated rings. The molecule has 0 saturated heterocycles. The Morgan fingerprint density at radius 2 is 1.95 bits per heavy atom. The van der Waals surface area contributed by atoms with E-state index in [1.807, 2.05) is 24.3 Å². The summed E-state index contributed by atoms with van der Waals surface area (Å²) in [6.07, 6.45) is 0. The molecule has 0 saturated carbocycles. The molecule has 0 atom stereocenters. The van der Waals surface area contributed by atoms with Crippen molar-refractivity contribution in [1.29, 1.82) is 0 Å². The fourth-order valence-corrected chi connectivity index (χ4v) is 2.24. The van der Waals surface area contributed by atoms with Crippen LogP contribution in [0.3, 0.4) is 0 Å². The minimum atomic E-state index is -0.123. The molecule has 7 heteroatoms. The van der Waals surface area contributed by atoms with Crippen LogP contribution >= 0.6 is 15.9 Å². The lowest BCUT2D eigenvalue weighted by molar-refractivity contribution is 0.870. The zero-order valence-electron chi connectivity index (χ0n) is 11.6. The minimum Gasteiger partial charge on any atom is -0.351 e. The van der Waals surface area contributed by atoms with Gasteiger partial charge >= 0.3 is 0 Å². The molecule has 0 unspecified atom stereocenters. The van der Waals surface area contributed by atoms with Crippen LogP contribution in [0.1, 0.15) is 16.8 Å². The Balaban J connectivity index is 1.86. The van der Waals surface area contributed by atoms with Crippen molar-refractivity contribution >= 4 is 27.7 Å². The first-order chi connectivity index (χ1) is 10.0. The lowest BCUT2D eigenvalue weighted by Gasteiger charge is -2.02. The highest BCUT2D eigenvalue weighted by Crippen LogP contribution is 2.11. The molecule has 2 heterocycles. The zero-order chi connectivity index (χ0) is 15.0. The number of fused-ring (bicyclic) bond motifs is 1. The Labute approximate surface area is 129 Å². The molecule has 0 bridgehead atoms. The second kappa shape index (κ2) is 5.33. The molecule has 0 amide bonds. The summed E-state index contributed by atoms with van der Waals surface area (Å²) < 4.78 is 2.39. The molecule has 108 valence electrons. The molecule has 2 N–H and O–H groups in total. The van der Waals surface area contributed by atoms with Gasteiger partial charge in [0.15, 0.2) is 0 Å². The van der Waals surface area contributed by atoms with Crippen LogP contribution in [0.2, 0.25) is 0 Å². The molecule has 0 spiro atoms. The van der Waals surface area contributed by atoms with Crippen LogP contribution in [0.15, 0.2) is 33.5 Å². The van der Waals surface area contributed by atoms with Crippen molar-refractivity contribution in [3.8, 4) is 0 Å². The maximum Gasteiger partial charge on any atom is 0.277 e. The van der Waals surface area contributed by atoms with Crippen molar-refractivity contribution in [3.05, 3.63) is 55.9 Å². The molecule has 2 aromatic heterocycles. The van der Waals surface area contributed by atoms with E-state index in [2.05, 4.69) is 36.3 Å². The van der Waals surface area contributed by atoms with Gasteiger partial charge in [-0.2, -0.15) is 9.50 Å². The molecular weight excluding hydrogens is 334 g/mol. The molecule has 0 aliphatic rings. The molecule has 1 aromatic carbocycles. The highest BCUT2D eigenvalue weighted by Gasteiger charge is 2.09. The summed E-state index contributed by atoms with van der Waals surface area (Å²) >= 11 is 3.40. The summed E-state index contributed by atoms with van der Waals surface area (Å²) in [5.41, 5.74) is 2.31. The van der Waals surface area contributed by atoms with Gasteiger partial charge in [-0.15, -0.1) is 0 Å². The van der Waals surface area contributed by atoms with Gasteiger partial charge in [-0.3, -0.25) is 9.89 Å². The lowest BCUT2D eigenvalue weighted by Crippen LogP contribution is -2.19. The highest BCUT2D eigenvalue weighted by atomic mass is 79.9. The second-order valence-electron chi connectivity index (χ2n) is 4.82. The molecular formula is C14H14BrN5O. The van der Waals surface area contributed by atoms with Crippen LogP contribution in [0.25, 0.3) is 5.78 Å². The van der Waals surface area contributed by atoms with Crippen molar-refractivity contribution in [2.24, 2.45) is 0 Å². The predicted octanol–water partition coefficient (Wildman–Crippen LogP) is 2.41. The number of benzene rings is 1. The summed E-state index contributed by atoms with van der Waals surface area (Å²) in [6.45, 7) is 4.17. The summed E-state index contributed by atoms with van der Waals surface area (Å²) in [7, 11) is 0. The van der Waals surface area contributed by atoms with E-state index in [1.165, 1.54) is 4.52 Å². The van der Waals surface area contributed by atoms with Crippen LogP contribution in [-0.2, 0) is 6.54 Å². The van der Waals surface area contributed by atoms with E-state index in [0.29, 0.717) is 29.5 Å². The van der Waals surface area contributed by atoms with Crippen LogP contribution < -0.4 is 10.9 Å². The molecule has 0 radical (unpaired) electrons. The van der Waals surface area contributed by atoms with Crippen LogP contribution in [-0.4, -0.2) is 19.6 Å². The van der Waals surface area contributed by atoms with Gasteiger partial charge < -0.3 is 5.32 Å². The number of halogens is 1. The van der Waals surface area contributed by atoms with E-state index in [-0.39, 0.29) is 5.56 Å². The van der Waals surface area contributed by atoms with E-state index in [4.69, 9.17) is 0 Å². The Morgan fingerprint density at radius 3 is 2.67 bits per heavy atom. The smallest absolute Gasteiger partial charge is 0.277 e. The van der Waals surface area contributed by atoms with E-state index in [1.54, 1.807) is 13.8 Å². The van der Waals surface area contributed by atoms with Crippen molar-refractivity contribution in [2.75, 3.05) is 5.32 Å². The van der Waals surface area contributed by atoms with Gasteiger partial charge in [-0.05, 0) is 31.5 Å². The van der Waals surface area contributed by atoms with E-state index in [0.717, 1.165) is 10.0 Å². The van der Waals surface area contributed by atoms with Crippen LogP contribution in [0, 0.1) is 13.8 Å². The second-order valence-corrected chi connectivity index (χ2v) is 5.73. The van der Waals surface area contributed by atoms with E-state index in [9.17, 15) is 4.79 Å². The summed E-state index contributed by atoms with van der Waals surface area (Å²) in [5.74, 6) is 0.897. The molecule has 0 aliphatic heterocycles. The maximum atomic E-state index is 12.1. The van der Waals surface area contributed by atoms with Gasteiger partial charge in [0.25, 0.3) is 11.3 Å². The third-order valence-corrected chi connectivity index (χ3v) is 3.87. The van der Waals surface area contributed by atoms with Crippen molar-refractivity contribution < 1.29 is 0 Å². The first-order valence-electron chi connectivity index (χ1n) is 6.49. The number of anilines is 1. The Morgan fingerprint density at radius 1 is 1.24 bits per heavy atom. The number of aromatic nitrogens is 4. The van der Waals surface area contributed by atoms with Crippen LogP contribution in [0.5, 0.6) is 0 Å². The number of hydrogen-bond donors (Lipinski definition) is 2. The first-order valence-corrected chi connectivity index (χ1v) is 7.28. The third kappa shape index (κ3) is 2.69.